The maximum absolute atomic E-state index is 12.5. The average Bonchev–Trinajstić information content (AvgIpc) is 2.85. The van der Waals surface area contributed by atoms with Crippen LogP contribution in [0, 0.1) is 0 Å². The molecule has 0 unspecified atom stereocenters. The predicted octanol–water partition coefficient (Wildman–Crippen LogP) is 1.79. The molecule has 110 valence electrons. The second-order valence-corrected chi connectivity index (χ2v) is 5.12. The van der Waals surface area contributed by atoms with Crippen molar-refractivity contribution in [1.29, 1.82) is 0 Å². The Balaban J connectivity index is 2.22. The zero-order valence-corrected chi connectivity index (χ0v) is 11.8. The zero-order valence-electron chi connectivity index (χ0n) is 11.0. The van der Waals surface area contributed by atoms with Gasteiger partial charge < -0.3 is 10.4 Å². The summed E-state index contributed by atoms with van der Waals surface area (Å²) in [6.45, 7) is -0.216. The molecule has 20 heavy (non-hydrogen) atoms. The van der Waals surface area contributed by atoms with Gasteiger partial charge in [-0.2, -0.15) is 0 Å². The van der Waals surface area contributed by atoms with Crippen molar-refractivity contribution in [3.8, 4) is 0 Å². The van der Waals surface area contributed by atoms with E-state index in [1.165, 1.54) is 16.2 Å². The van der Waals surface area contributed by atoms with Crippen LogP contribution in [0.3, 0.4) is 0 Å². The van der Waals surface area contributed by atoms with Crippen molar-refractivity contribution >= 4 is 27.4 Å². The van der Waals surface area contributed by atoms with Crippen molar-refractivity contribution in [3.63, 3.8) is 0 Å². The molecule has 0 aromatic carbocycles. The molecular weight excluding hydrogens is 286 g/mol. The number of hydrogen-bond donors (Lipinski definition) is 2. The first kappa shape index (κ1) is 15.0. The molecule has 2 aromatic heterocycles. The van der Waals surface area contributed by atoms with Gasteiger partial charge in [-0.1, -0.05) is 0 Å². The number of halogens is 2. The highest BCUT2D eigenvalue weighted by molar-refractivity contribution is 7.16. The molecule has 0 amide bonds. The van der Waals surface area contributed by atoms with Gasteiger partial charge in [-0.15, -0.1) is 11.3 Å². The van der Waals surface area contributed by atoms with Crippen LogP contribution in [0.15, 0.2) is 11.4 Å². The Hall–Kier alpha value is -1.38. The molecule has 0 aliphatic carbocycles. The summed E-state index contributed by atoms with van der Waals surface area (Å²) < 4.78 is 25.0. The van der Waals surface area contributed by atoms with Gasteiger partial charge in [-0.3, -0.25) is 4.90 Å². The maximum Gasteiger partial charge on any atom is 0.251 e. The predicted molar refractivity (Wildman–Crippen MR) is 75.3 cm³/mol. The Morgan fingerprint density at radius 1 is 1.45 bits per heavy atom. The highest BCUT2D eigenvalue weighted by Gasteiger charge is 2.15. The number of nitrogens with zero attached hydrogens (tertiary/aromatic N) is 3. The van der Waals surface area contributed by atoms with E-state index < -0.39 is 13.0 Å². The second kappa shape index (κ2) is 6.87. The minimum Gasteiger partial charge on any atom is -0.395 e. The van der Waals surface area contributed by atoms with E-state index in [1.54, 1.807) is 7.05 Å². The molecule has 0 saturated carbocycles. The summed E-state index contributed by atoms with van der Waals surface area (Å²) in [7, 11) is 1.76. The highest BCUT2D eigenvalue weighted by Crippen LogP contribution is 2.25. The molecule has 0 aliphatic rings. The summed E-state index contributed by atoms with van der Waals surface area (Å²) in [4.78, 5) is 11.0. The number of anilines is 1. The Morgan fingerprint density at radius 2 is 2.25 bits per heavy atom. The molecular formula is C12H16F2N4OS. The normalized spacial score (nSPS) is 11.7. The molecule has 0 aliphatic heterocycles. The quantitative estimate of drug-likeness (QED) is 0.816. The van der Waals surface area contributed by atoms with Gasteiger partial charge in [0.05, 0.1) is 25.1 Å². The average molecular weight is 302 g/mol. The maximum atomic E-state index is 12.5. The standard InChI is InChI=1S/C12H16F2N4OS/c1-15-11-8-2-5-20-12(8)17-10(16-11)7-18(3-4-19)6-9(13)14/h2,5,9,19H,3-4,6-7H2,1H3,(H,15,16,17). The zero-order chi connectivity index (χ0) is 14.5. The topological polar surface area (TPSA) is 61.3 Å². The number of aliphatic hydroxyl groups excluding tert-OH is 1. The molecule has 0 spiro atoms. The lowest BCUT2D eigenvalue weighted by atomic mass is 10.3. The van der Waals surface area contributed by atoms with Gasteiger partial charge in [0, 0.05) is 13.6 Å². The van der Waals surface area contributed by atoms with Crippen LogP contribution < -0.4 is 5.32 Å². The van der Waals surface area contributed by atoms with E-state index in [1.807, 2.05) is 11.4 Å². The van der Waals surface area contributed by atoms with Crippen LogP contribution in [0.25, 0.3) is 10.2 Å². The van der Waals surface area contributed by atoms with E-state index in [2.05, 4.69) is 15.3 Å². The van der Waals surface area contributed by atoms with Crippen molar-refractivity contribution in [3.05, 3.63) is 17.3 Å². The smallest absolute Gasteiger partial charge is 0.251 e. The fourth-order valence-corrected chi connectivity index (χ4v) is 2.72. The molecule has 0 atom stereocenters. The first-order chi connectivity index (χ1) is 9.63. The fourth-order valence-electron chi connectivity index (χ4n) is 1.93. The third-order valence-electron chi connectivity index (χ3n) is 2.79. The number of thiophene rings is 1. The molecule has 2 aromatic rings. The Labute approximate surface area is 119 Å². The largest absolute Gasteiger partial charge is 0.395 e. The first-order valence-electron chi connectivity index (χ1n) is 6.17. The molecule has 0 radical (unpaired) electrons. The number of hydrogen-bond acceptors (Lipinski definition) is 6. The molecule has 5 nitrogen and oxygen atoms in total. The SMILES string of the molecule is CNc1nc(CN(CCO)CC(F)F)nc2sccc12. The van der Waals surface area contributed by atoms with Crippen LogP contribution in [0.4, 0.5) is 14.6 Å². The molecule has 0 saturated heterocycles. The third kappa shape index (κ3) is 3.59. The van der Waals surface area contributed by atoms with Gasteiger partial charge in [0.25, 0.3) is 6.43 Å². The second-order valence-electron chi connectivity index (χ2n) is 4.23. The van der Waals surface area contributed by atoms with E-state index in [0.717, 1.165) is 10.2 Å². The molecule has 8 heteroatoms. The van der Waals surface area contributed by atoms with Gasteiger partial charge in [0.15, 0.2) is 0 Å². The number of alkyl halides is 2. The molecule has 0 bridgehead atoms. The van der Waals surface area contributed by atoms with Gasteiger partial charge >= 0.3 is 0 Å². The van der Waals surface area contributed by atoms with Crippen molar-refractivity contribution in [2.45, 2.75) is 13.0 Å². The molecule has 2 rings (SSSR count). The summed E-state index contributed by atoms with van der Waals surface area (Å²) in [5.74, 6) is 1.16. The van der Waals surface area contributed by atoms with Gasteiger partial charge in [0.2, 0.25) is 0 Å². The van der Waals surface area contributed by atoms with Gasteiger partial charge in [-0.25, -0.2) is 18.7 Å². The number of nitrogens with one attached hydrogen (secondary N) is 1. The lowest BCUT2D eigenvalue weighted by Crippen LogP contribution is -2.32. The van der Waals surface area contributed by atoms with E-state index in [-0.39, 0.29) is 19.7 Å². The Bertz CT molecular complexity index is 563. The van der Waals surface area contributed by atoms with Crippen molar-refractivity contribution < 1.29 is 13.9 Å². The van der Waals surface area contributed by atoms with Gasteiger partial charge in [-0.05, 0) is 11.4 Å². The first-order valence-corrected chi connectivity index (χ1v) is 7.05. The van der Waals surface area contributed by atoms with Crippen molar-refractivity contribution in [1.82, 2.24) is 14.9 Å². The minimum atomic E-state index is -2.45. The monoisotopic (exact) mass is 302 g/mol. The highest BCUT2D eigenvalue weighted by atomic mass is 32.1. The number of aliphatic hydroxyl groups is 1. The number of fused-ring (bicyclic) bond motifs is 1. The summed E-state index contributed by atoms with van der Waals surface area (Å²) in [5, 5.41) is 14.7. The fraction of sp³-hybridized carbons (Fsp3) is 0.500. The van der Waals surface area contributed by atoms with E-state index in [4.69, 9.17) is 5.11 Å². The summed E-state index contributed by atoms with van der Waals surface area (Å²) >= 11 is 1.48. The molecule has 2 heterocycles. The van der Waals surface area contributed by atoms with Crippen LogP contribution in [0.1, 0.15) is 5.82 Å². The third-order valence-corrected chi connectivity index (χ3v) is 3.59. The van der Waals surface area contributed by atoms with E-state index >= 15 is 0 Å². The molecule has 0 fully saturated rings. The van der Waals surface area contributed by atoms with Crippen LogP contribution in [0.5, 0.6) is 0 Å². The number of rotatable bonds is 7. The Morgan fingerprint density at radius 3 is 2.90 bits per heavy atom. The minimum absolute atomic E-state index is 0.172. The lowest BCUT2D eigenvalue weighted by Gasteiger charge is -2.20. The van der Waals surface area contributed by atoms with E-state index in [9.17, 15) is 8.78 Å². The van der Waals surface area contributed by atoms with Crippen LogP contribution in [-0.2, 0) is 6.54 Å². The van der Waals surface area contributed by atoms with Crippen LogP contribution in [0.2, 0.25) is 0 Å². The summed E-state index contributed by atoms with van der Waals surface area (Å²) in [6, 6.07) is 1.92. The summed E-state index contributed by atoms with van der Waals surface area (Å²) in [5.41, 5.74) is 0. The molecule has 2 N–H and O–H groups in total. The number of aromatic nitrogens is 2. The summed E-state index contributed by atoms with van der Waals surface area (Å²) in [6.07, 6.45) is -2.45. The van der Waals surface area contributed by atoms with Crippen molar-refractivity contribution in [2.75, 3.05) is 32.1 Å². The van der Waals surface area contributed by atoms with Crippen LogP contribution >= 0.6 is 11.3 Å². The van der Waals surface area contributed by atoms with Crippen LogP contribution in [-0.4, -0.2) is 53.1 Å². The lowest BCUT2D eigenvalue weighted by molar-refractivity contribution is 0.0734. The van der Waals surface area contributed by atoms with Crippen molar-refractivity contribution in [2.24, 2.45) is 0 Å². The van der Waals surface area contributed by atoms with E-state index in [0.29, 0.717) is 11.6 Å². The Kier molecular flexibility index (Phi) is 5.16. The van der Waals surface area contributed by atoms with Gasteiger partial charge in [0.1, 0.15) is 16.5 Å².